The molecule has 6 nitrogen and oxygen atoms in total. The zero-order chi connectivity index (χ0) is 23.3. The first kappa shape index (κ1) is 21.4. The lowest BCUT2D eigenvalue weighted by atomic mass is 10.2. The highest BCUT2D eigenvalue weighted by Crippen LogP contribution is 2.36. The predicted molar refractivity (Wildman–Crippen MR) is 102 cm³/mol. The molecule has 12 heteroatoms. The number of aromatic nitrogens is 4. The molecular weight excluding hydrogens is 440 g/mol. The number of carbonyl (C=O) groups excluding carboxylic acids is 1. The Morgan fingerprint density at radius 1 is 1.03 bits per heavy atom. The van der Waals surface area contributed by atoms with E-state index in [1.807, 2.05) is 0 Å². The van der Waals surface area contributed by atoms with Crippen molar-refractivity contribution < 1.29 is 31.1 Å². The lowest BCUT2D eigenvalue weighted by Gasteiger charge is -2.14. The van der Waals surface area contributed by atoms with Crippen LogP contribution in [0.15, 0.2) is 55.0 Å². The Balaban J connectivity index is 1.78. The molecule has 3 aromatic heterocycles. The van der Waals surface area contributed by atoms with Crippen LogP contribution in [-0.4, -0.2) is 25.2 Å². The lowest BCUT2D eigenvalue weighted by Crippen LogP contribution is -2.21. The fourth-order valence-electron chi connectivity index (χ4n) is 3.30. The van der Waals surface area contributed by atoms with Gasteiger partial charge in [-0.25, -0.2) is 4.68 Å². The Kier molecular flexibility index (Phi) is 4.94. The Morgan fingerprint density at radius 2 is 1.78 bits per heavy atom. The molecule has 1 N–H and O–H groups in total. The van der Waals surface area contributed by atoms with Crippen LogP contribution >= 0.6 is 0 Å². The summed E-state index contributed by atoms with van der Waals surface area (Å²) in [7, 11) is 1.72. The number of fused-ring (bicyclic) bond motifs is 1. The van der Waals surface area contributed by atoms with Gasteiger partial charge in [-0.15, -0.1) is 0 Å². The summed E-state index contributed by atoms with van der Waals surface area (Å²) in [5.74, 6) is -1.26. The minimum Gasteiger partial charge on any atom is -0.350 e. The van der Waals surface area contributed by atoms with Gasteiger partial charge < -0.3 is 9.88 Å². The predicted octanol–water partition coefficient (Wildman–Crippen LogP) is 5.05. The van der Waals surface area contributed by atoms with Crippen molar-refractivity contribution in [2.75, 3.05) is 5.32 Å². The number of nitrogens with zero attached hydrogens (tertiary/aromatic N) is 4. The summed E-state index contributed by atoms with van der Waals surface area (Å²) >= 11 is 0. The van der Waals surface area contributed by atoms with Crippen LogP contribution in [0.3, 0.4) is 0 Å². The number of aryl methyl sites for hydroxylation is 1. The van der Waals surface area contributed by atoms with Gasteiger partial charge in [-0.05, 0) is 30.3 Å². The monoisotopic (exact) mass is 453 g/mol. The summed E-state index contributed by atoms with van der Waals surface area (Å²) in [5, 5.41) is 6.29. The van der Waals surface area contributed by atoms with E-state index in [-0.39, 0.29) is 11.4 Å². The molecule has 0 aliphatic rings. The Labute approximate surface area is 176 Å². The summed E-state index contributed by atoms with van der Waals surface area (Å²) in [6.45, 7) is 0. The molecule has 0 bridgehead atoms. The minimum atomic E-state index is -4.98. The topological polar surface area (TPSA) is 64.7 Å². The summed E-state index contributed by atoms with van der Waals surface area (Å²) < 4.78 is 82.6. The number of hydrogen-bond acceptors (Lipinski definition) is 3. The largest absolute Gasteiger partial charge is 0.434 e. The minimum absolute atomic E-state index is 0.0951. The molecular formula is C20H13F6N5O. The van der Waals surface area contributed by atoms with Gasteiger partial charge in [0.25, 0.3) is 5.91 Å². The van der Waals surface area contributed by atoms with E-state index >= 15 is 0 Å². The SMILES string of the molecule is Cn1ccc2c(-n3ncc(C(=O)Nc4ccnc(C(F)(F)F)c4)c3C(F)(F)F)cccc21. The number of alkyl halides is 6. The molecule has 4 rings (SSSR count). The van der Waals surface area contributed by atoms with Gasteiger partial charge in [0.2, 0.25) is 0 Å². The number of amides is 1. The van der Waals surface area contributed by atoms with Gasteiger partial charge in [-0.3, -0.25) is 9.78 Å². The van der Waals surface area contributed by atoms with Gasteiger partial charge in [0.1, 0.15) is 5.69 Å². The summed E-state index contributed by atoms with van der Waals surface area (Å²) in [4.78, 5) is 15.7. The maximum absolute atomic E-state index is 13.9. The van der Waals surface area contributed by atoms with Crippen molar-refractivity contribution in [2.24, 2.45) is 7.05 Å². The lowest BCUT2D eigenvalue weighted by molar-refractivity contribution is -0.143. The number of anilines is 1. The molecule has 0 saturated carbocycles. The van der Waals surface area contributed by atoms with Crippen LogP contribution in [0.1, 0.15) is 21.7 Å². The quantitative estimate of drug-likeness (QED) is 0.442. The third-order valence-electron chi connectivity index (χ3n) is 4.72. The number of nitrogens with one attached hydrogen (secondary N) is 1. The molecule has 4 aromatic rings. The average molecular weight is 453 g/mol. The van der Waals surface area contributed by atoms with Crippen LogP contribution in [0.5, 0.6) is 0 Å². The van der Waals surface area contributed by atoms with Gasteiger partial charge in [-0.2, -0.15) is 31.4 Å². The molecule has 32 heavy (non-hydrogen) atoms. The Bertz CT molecular complexity index is 1320. The third-order valence-corrected chi connectivity index (χ3v) is 4.72. The van der Waals surface area contributed by atoms with Gasteiger partial charge >= 0.3 is 12.4 Å². The fourth-order valence-corrected chi connectivity index (χ4v) is 3.30. The summed E-state index contributed by atoms with van der Waals surface area (Å²) in [6.07, 6.45) is -6.57. The third kappa shape index (κ3) is 3.79. The molecule has 1 amide bonds. The molecule has 166 valence electrons. The van der Waals surface area contributed by atoms with Gasteiger partial charge in [-0.1, -0.05) is 6.07 Å². The van der Waals surface area contributed by atoms with Crippen molar-refractivity contribution in [2.45, 2.75) is 12.4 Å². The summed E-state index contributed by atoms with van der Waals surface area (Å²) in [5.41, 5.74) is -3.10. The van der Waals surface area contributed by atoms with Crippen molar-refractivity contribution in [1.29, 1.82) is 0 Å². The van der Waals surface area contributed by atoms with E-state index in [0.717, 1.165) is 18.5 Å². The van der Waals surface area contributed by atoms with Crippen molar-refractivity contribution in [3.63, 3.8) is 0 Å². The number of carbonyl (C=O) groups is 1. The van der Waals surface area contributed by atoms with E-state index in [4.69, 9.17) is 0 Å². The van der Waals surface area contributed by atoms with Crippen LogP contribution < -0.4 is 5.32 Å². The molecule has 0 unspecified atom stereocenters. The number of benzene rings is 1. The van der Waals surface area contributed by atoms with Crippen LogP contribution in [0, 0.1) is 0 Å². The zero-order valence-electron chi connectivity index (χ0n) is 16.2. The highest BCUT2D eigenvalue weighted by molar-refractivity contribution is 6.05. The van der Waals surface area contributed by atoms with E-state index in [2.05, 4.69) is 15.4 Å². The second kappa shape index (κ2) is 7.39. The van der Waals surface area contributed by atoms with E-state index in [1.54, 1.807) is 36.0 Å². The van der Waals surface area contributed by atoms with Crippen LogP contribution in [0.2, 0.25) is 0 Å². The van der Waals surface area contributed by atoms with Gasteiger partial charge in [0.05, 0.1) is 17.4 Å². The first-order chi connectivity index (χ1) is 15.0. The van der Waals surface area contributed by atoms with Gasteiger partial charge in [0.15, 0.2) is 5.69 Å². The zero-order valence-corrected chi connectivity index (χ0v) is 16.2. The normalized spacial score (nSPS) is 12.3. The van der Waals surface area contributed by atoms with Gasteiger partial charge in [0, 0.05) is 36.0 Å². The number of hydrogen-bond donors (Lipinski definition) is 1. The molecule has 3 heterocycles. The molecule has 0 radical (unpaired) electrons. The number of pyridine rings is 1. The highest BCUT2D eigenvalue weighted by Gasteiger charge is 2.41. The van der Waals surface area contributed by atoms with E-state index < -0.39 is 35.2 Å². The Hall–Kier alpha value is -3.83. The smallest absolute Gasteiger partial charge is 0.350 e. The second-order valence-electron chi connectivity index (χ2n) is 6.83. The average Bonchev–Trinajstić information content (AvgIpc) is 3.32. The van der Waals surface area contributed by atoms with Crippen molar-refractivity contribution in [3.8, 4) is 5.69 Å². The van der Waals surface area contributed by atoms with Crippen molar-refractivity contribution >= 4 is 22.5 Å². The maximum atomic E-state index is 13.9. The molecule has 0 aliphatic heterocycles. The van der Waals surface area contributed by atoms with Crippen LogP contribution in [0.4, 0.5) is 32.0 Å². The molecule has 0 saturated heterocycles. The molecule has 0 aliphatic carbocycles. The molecule has 0 fully saturated rings. The number of halogens is 6. The second-order valence-corrected chi connectivity index (χ2v) is 6.83. The van der Waals surface area contributed by atoms with E-state index in [9.17, 15) is 31.1 Å². The van der Waals surface area contributed by atoms with E-state index in [0.29, 0.717) is 21.7 Å². The van der Waals surface area contributed by atoms with Crippen LogP contribution in [-0.2, 0) is 19.4 Å². The first-order valence-corrected chi connectivity index (χ1v) is 9.01. The summed E-state index contributed by atoms with van der Waals surface area (Å²) in [6, 6.07) is 7.86. The fraction of sp³-hybridized carbons (Fsp3) is 0.150. The molecule has 0 spiro atoms. The Morgan fingerprint density at radius 3 is 2.47 bits per heavy atom. The first-order valence-electron chi connectivity index (χ1n) is 9.01. The number of rotatable bonds is 3. The van der Waals surface area contributed by atoms with Crippen molar-refractivity contribution in [3.05, 3.63) is 71.9 Å². The van der Waals surface area contributed by atoms with Crippen molar-refractivity contribution in [1.82, 2.24) is 19.3 Å². The van der Waals surface area contributed by atoms with E-state index in [1.165, 1.54) is 6.07 Å². The molecule has 1 aromatic carbocycles. The molecule has 0 atom stereocenters. The standard InChI is InChI=1S/C20H13F6N5O/c1-30-8-6-12-14(30)3-2-4-15(12)31-17(20(24,25)26)13(10-28-31)18(32)29-11-5-7-27-16(9-11)19(21,22)23/h2-10H,1H3,(H,27,29,32). The van der Waals surface area contributed by atoms with Crippen LogP contribution in [0.25, 0.3) is 16.6 Å². The maximum Gasteiger partial charge on any atom is 0.434 e. The highest BCUT2D eigenvalue weighted by atomic mass is 19.4.